The number of carbonyl (C=O) groups is 3. The van der Waals surface area contributed by atoms with Gasteiger partial charge >= 0.3 is 0 Å². The maximum absolute atomic E-state index is 12.6. The van der Waals surface area contributed by atoms with E-state index in [1.807, 2.05) is 66.4 Å². The Balaban J connectivity index is 1.13. The van der Waals surface area contributed by atoms with Crippen LogP contribution in [-0.2, 0) is 14.4 Å². The van der Waals surface area contributed by atoms with Gasteiger partial charge in [-0.15, -0.1) is 0 Å². The van der Waals surface area contributed by atoms with E-state index in [-0.39, 0.29) is 36.7 Å². The number of hydrogen-bond acceptors (Lipinski definition) is 5. The number of benzene rings is 2. The quantitative estimate of drug-likeness (QED) is 0.643. The Hall–Kier alpha value is -3.39. The van der Waals surface area contributed by atoms with Crippen molar-refractivity contribution in [1.82, 2.24) is 15.1 Å². The highest BCUT2D eigenvalue weighted by molar-refractivity contribution is 6.00. The Morgan fingerprint density at radius 3 is 2.53 bits per heavy atom. The summed E-state index contributed by atoms with van der Waals surface area (Å²) in [6, 6.07) is 17.1. The fourth-order valence-corrected chi connectivity index (χ4v) is 4.38. The predicted molar refractivity (Wildman–Crippen MR) is 130 cm³/mol. The number of carbonyl (C=O) groups excluding carboxylic acids is 3. The van der Waals surface area contributed by atoms with Crippen LogP contribution in [0.2, 0.25) is 0 Å². The van der Waals surface area contributed by atoms with E-state index in [1.54, 1.807) is 4.90 Å². The molecule has 0 saturated carbocycles. The Kier molecular flexibility index (Phi) is 7.80. The van der Waals surface area contributed by atoms with Crippen LogP contribution in [0.25, 0.3) is 0 Å². The first-order valence-electron chi connectivity index (χ1n) is 11.8. The molecule has 0 spiro atoms. The van der Waals surface area contributed by atoms with Crippen LogP contribution in [0.4, 0.5) is 5.69 Å². The molecule has 3 amide bonds. The molecule has 2 heterocycles. The van der Waals surface area contributed by atoms with Crippen LogP contribution in [0.5, 0.6) is 5.75 Å². The van der Waals surface area contributed by atoms with Gasteiger partial charge in [0.25, 0.3) is 5.91 Å². The van der Waals surface area contributed by atoms with Crippen LogP contribution in [0.1, 0.15) is 12.0 Å². The first-order valence-corrected chi connectivity index (χ1v) is 11.8. The van der Waals surface area contributed by atoms with Crippen molar-refractivity contribution in [3.8, 4) is 5.75 Å². The van der Waals surface area contributed by atoms with E-state index in [9.17, 15) is 14.4 Å². The molecule has 1 unspecified atom stereocenters. The third-order valence-electron chi connectivity index (χ3n) is 6.37. The minimum Gasteiger partial charge on any atom is -0.484 e. The third-order valence-corrected chi connectivity index (χ3v) is 6.37. The van der Waals surface area contributed by atoms with Crippen molar-refractivity contribution in [2.45, 2.75) is 13.3 Å². The second kappa shape index (κ2) is 11.2. The molecule has 0 aromatic heterocycles. The molecule has 8 nitrogen and oxygen atoms in total. The SMILES string of the molecule is Cc1cccc(OCC(=O)N2CCN(CCNC(=O)C3CC(=O)N(c4ccccc4)C3)CC2)c1. The molecule has 8 heteroatoms. The van der Waals surface area contributed by atoms with E-state index >= 15 is 0 Å². The summed E-state index contributed by atoms with van der Waals surface area (Å²) in [4.78, 5) is 43.1. The van der Waals surface area contributed by atoms with Crippen LogP contribution in [-0.4, -0.2) is 79.9 Å². The van der Waals surface area contributed by atoms with E-state index in [4.69, 9.17) is 4.74 Å². The number of anilines is 1. The zero-order valence-corrected chi connectivity index (χ0v) is 19.6. The summed E-state index contributed by atoms with van der Waals surface area (Å²) < 4.78 is 5.63. The first-order chi connectivity index (χ1) is 16.5. The summed E-state index contributed by atoms with van der Waals surface area (Å²) in [5.41, 5.74) is 1.93. The molecule has 2 aromatic carbocycles. The van der Waals surface area contributed by atoms with Crippen LogP contribution in [0.15, 0.2) is 54.6 Å². The van der Waals surface area contributed by atoms with Gasteiger partial charge in [0.15, 0.2) is 6.61 Å². The van der Waals surface area contributed by atoms with Crippen LogP contribution in [0.3, 0.4) is 0 Å². The van der Waals surface area contributed by atoms with Gasteiger partial charge in [-0.3, -0.25) is 19.3 Å². The molecule has 1 N–H and O–H groups in total. The number of amides is 3. The molecule has 0 aliphatic carbocycles. The lowest BCUT2D eigenvalue weighted by Crippen LogP contribution is -2.51. The lowest BCUT2D eigenvalue weighted by molar-refractivity contribution is -0.135. The number of rotatable bonds is 8. The van der Waals surface area contributed by atoms with Crippen LogP contribution >= 0.6 is 0 Å². The van der Waals surface area contributed by atoms with Crippen molar-refractivity contribution in [2.24, 2.45) is 5.92 Å². The van der Waals surface area contributed by atoms with Gasteiger partial charge in [0, 0.05) is 57.9 Å². The normalized spacial score (nSPS) is 18.7. The van der Waals surface area contributed by atoms with Gasteiger partial charge in [-0.2, -0.15) is 0 Å². The minimum atomic E-state index is -0.324. The van der Waals surface area contributed by atoms with Gasteiger partial charge in [0.05, 0.1) is 5.92 Å². The molecular formula is C26H32N4O4. The zero-order chi connectivity index (χ0) is 23.9. The monoisotopic (exact) mass is 464 g/mol. The highest BCUT2D eigenvalue weighted by atomic mass is 16.5. The molecule has 2 aliphatic heterocycles. The van der Waals surface area contributed by atoms with Gasteiger partial charge in [-0.25, -0.2) is 0 Å². The average Bonchev–Trinajstić information content (AvgIpc) is 3.25. The second-order valence-electron chi connectivity index (χ2n) is 8.86. The molecule has 34 heavy (non-hydrogen) atoms. The van der Waals surface area contributed by atoms with E-state index in [2.05, 4.69) is 10.2 Å². The molecule has 2 fully saturated rings. The number of para-hydroxylation sites is 1. The van der Waals surface area contributed by atoms with Crippen molar-refractivity contribution >= 4 is 23.4 Å². The summed E-state index contributed by atoms with van der Waals surface area (Å²) in [5.74, 6) is 0.282. The van der Waals surface area contributed by atoms with Crippen LogP contribution in [0, 0.1) is 12.8 Å². The lowest BCUT2D eigenvalue weighted by atomic mass is 10.1. The number of nitrogens with one attached hydrogen (secondary N) is 1. The van der Waals surface area contributed by atoms with Gasteiger partial charge in [0.2, 0.25) is 11.8 Å². The summed E-state index contributed by atoms with van der Waals surface area (Å²) >= 11 is 0. The largest absolute Gasteiger partial charge is 0.484 e. The second-order valence-corrected chi connectivity index (χ2v) is 8.86. The molecule has 1 atom stereocenters. The number of ether oxygens (including phenoxy) is 1. The Morgan fingerprint density at radius 2 is 1.79 bits per heavy atom. The van der Waals surface area contributed by atoms with Crippen molar-refractivity contribution in [1.29, 1.82) is 0 Å². The number of nitrogens with zero attached hydrogens (tertiary/aromatic N) is 3. The van der Waals surface area contributed by atoms with Gasteiger partial charge in [0.1, 0.15) is 5.75 Å². The summed E-state index contributed by atoms with van der Waals surface area (Å²) in [6.45, 7) is 6.50. The highest BCUT2D eigenvalue weighted by Crippen LogP contribution is 2.24. The van der Waals surface area contributed by atoms with Crippen molar-refractivity contribution in [2.75, 3.05) is 57.3 Å². The molecular weight excluding hydrogens is 432 g/mol. The van der Waals surface area contributed by atoms with Gasteiger partial charge < -0.3 is 19.9 Å². The predicted octanol–water partition coefficient (Wildman–Crippen LogP) is 1.69. The molecule has 180 valence electrons. The van der Waals surface area contributed by atoms with Gasteiger partial charge in [-0.05, 0) is 36.8 Å². The van der Waals surface area contributed by atoms with Crippen molar-refractivity contribution in [3.63, 3.8) is 0 Å². The molecule has 4 rings (SSSR count). The standard InChI is InChI=1S/C26H32N4O4/c1-20-6-5-9-23(16-20)34-19-25(32)29-14-12-28(13-15-29)11-10-27-26(33)21-17-24(31)30(18-21)22-7-3-2-4-8-22/h2-9,16,21H,10-15,17-19H2,1H3,(H,27,33). The smallest absolute Gasteiger partial charge is 0.260 e. The van der Waals surface area contributed by atoms with E-state index in [0.717, 1.165) is 30.9 Å². The Morgan fingerprint density at radius 1 is 1.03 bits per heavy atom. The number of piperazine rings is 1. The molecule has 2 saturated heterocycles. The van der Waals surface area contributed by atoms with Crippen molar-refractivity contribution in [3.05, 3.63) is 60.2 Å². The summed E-state index contributed by atoms with van der Waals surface area (Å²) in [6.07, 6.45) is 0.242. The Bertz CT molecular complexity index is 1000. The fraction of sp³-hybridized carbons (Fsp3) is 0.423. The van der Waals surface area contributed by atoms with Crippen molar-refractivity contribution < 1.29 is 19.1 Å². The van der Waals surface area contributed by atoms with Gasteiger partial charge in [-0.1, -0.05) is 30.3 Å². The lowest BCUT2D eigenvalue weighted by Gasteiger charge is -2.34. The minimum absolute atomic E-state index is 0.0108. The molecule has 2 aromatic rings. The first kappa shape index (κ1) is 23.8. The fourth-order valence-electron chi connectivity index (χ4n) is 4.38. The van der Waals surface area contributed by atoms with E-state index in [0.29, 0.717) is 31.9 Å². The summed E-state index contributed by atoms with van der Waals surface area (Å²) in [5, 5.41) is 2.98. The van der Waals surface area contributed by atoms with E-state index in [1.165, 1.54) is 0 Å². The molecule has 0 radical (unpaired) electrons. The number of hydrogen-bond donors (Lipinski definition) is 1. The molecule has 2 aliphatic rings. The number of aryl methyl sites for hydroxylation is 1. The van der Waals surface area contributed by atoms with Crippen LogP contribution < -0.4 is 15.0 Å². The maximum Gasteiger partial charge on any atom is 0.260 e. The zero-order valence-electron chi connectivity index (χ0n) is 19.6. The maximum atomic E-state index is 12.6. The van der Waals surface area contributed by atoms with E-state index < -0.39 is 0 Å². The Labute approximate surface area is 200 Å². The topological polar surface area (TPSA) is 82.2 Å². The summed E-state index contributed by atoms with van der Waals surface area (Å²) in [7, 11) is 0. The average molecular weight is 465 g/mol. The third kappa shape index (κ3) is 6.14. The highest BCUT2D eigenvalue weighted by Gasteiger charge is 2.35. The molecule has 0 bridgehead atoms.